The lowest BCUT2D eigenvalue weighted by Crippen LogP contribution is -1.92. The van der Waals surface area contributed by atoms with E-state index in [4.69, 9.17) is 0 Å². The van der Waals surface area contributed by atoms with Crippen molar-refractivity contribution in [2.75, 3.05) is 0 Å². The van der Waals surface area contributed by atoms with Gasteiger partial charge in [0.05, 0.1) is 0 Å². The van der Waals surface area contributed by atoms with Crippen molar-refractivity contribution in [2.45, 2.75) is 0 Å². The average molecular weight is 1080 g/mol. The van der Waals surface area contributed by atoms with Crippen LogP contribution in [0, 0.1) is 0 Å². The second-order valence-corrected chi connectivity index (χ2v) is 21.7. The molecule has 16 rings (SSSR count). The maximum absolute atomic E-state index is 12.1. The fourth-order valence-electron chi connectivity index (χ4n) is 12.7. The molecule has 16 aromatic rings. The standard InChI is InChI=1S/2C40H26O2/c2*41-39-35(31-19-17-25-9-1-3-11-27(25)21-31)23-29-13-5-7-15-33(29)37(39)38-34-16-8-6-14-30(34)24-36(40(38)42)32-20-18-26-10-2-4-12-28(26)22-32/h2*1-24,41-42H. The van der Waals surface area contributed by atoms with Crippen LogP contribution >= 0.6 is 0 Å². The first kappa shape index (κ1) is 49.8. The Bertz CT molecular complexity index is 4660. The zero-order valence-corrected chi connectivity index (χ0v) is 45.5. The molecule has 4 N–H and O–H groups in total. The van der Waals surface area contributed by atoms with E-state index in [9.17, 15) is 20.4 Å². The molecule has 0 unspecified atom stereocenters. The molecular formula is C80H52O4. The molecule has 0 bridgehead atoms. The molecule has 4 nitrogen and oxygen atoms in total. The van der Waals surface area contributed by atoms with Gasteiger partial charge in [0.15, 0.2) is 0 Å². The highest BCUT2D eigenvalue weighted by molar-refractivity contribution is 6.16. The van der Waals surface area contributed by atoms with Crippen LogP contribution in [-0.2, 0) is 0 Å². The molecule has 0 saturated heterocycles. The maximum Gasteiger partial charge on any atom is 0.132 e. The molecule has 0 aliphatic heterocycles. The van der Waals surface area contributed by atoms with Crippen molar-refractivity contribution in [1.82, 2.24) is 0 Å². The van der Waals surface area contributed by atoms with E-state index in [1.54, 1.807) is 0 Å². The highest BCUT2D eigenvalue weighted by atomic mass is 16.3. The topological polar surface area (TPSA) is 80.9 Å². The van der Waals surface area contributed by atoms with E-state index in [1.165, 1.54) is 0 Å². The third-order valence-electron chi connectivity index (χ3n) is 16.8. The fourth-order valence-corrected chi connectivity index (χ4v) is 12.7. The van der Waals surface area contributed by atoms with Gasteiger partial charge in [0.1, 0.15) is 23.0 Å². The van der Waals surface area contributed by atoms with Gasteiger partial charge in [-0.2, -0.15) is 0 Å². The molecular weight excluding hydrogens is 1020 g/mol. The first-order chi connectivity index (χ1) is 41.3. The first-order valence-corrected chi connectivity index (χ1v) is 28.3. The molecule has 0 aliphatic carbocycles. The molecule has 0 fully saturated rings. The Labute approximate surface area is 484 Å². The quantitative estimate of drug-likeness (QED) is 0.134. The highest BCUT2D eigenvalue weighted by Gasteiger charge is 2.26. The molecule has 0 saturated carbocycles. The molecule has 84 heavy (non-hydrogen) atoms. The molecule has 0 amide bonds. The number of aromatic hydroxyl groups is 4. The molecule has 396 valence electrons. The summed E-state index contributed by atoms with van der Waals surface area (Å²) in [6, 6.07) is 98.5. The van der Waals surface area contributed by atoms with E-state index in [1.807, 2.05) is 146 Å². The molecule has 4 heteroatoms. The fraction of sp³-hybridized carbons (Fsp3) is 0. The van der Waals surface area contributed by atoms with Crippen LogP contribution in [0.15, 0.2) is 291 Å². The summed E-state index contributed by atoms with van der Waals surface area (Å²) in [5, 5.41) is 65.1. The number of rotatable bonds is 6. The SMILES string of the molecule is Oc1c(-c2ccc3ccccc3c2)cc2ccccc2c1-c1c(O)c(-c2ccc3ccccc3c2)cc2ccccc12.Oc1c(-c2ccc3ccccc3c2)cc2ccccc2c1-c1c(O)c(-c2ccc3ccccc3c2)cc2ccccc12. The van der Waals surface area contributed by atoms with Crippen LogP contribution in [0.1, 0.15) is 0 Å². The van der Waals surface area contributed by atoms with Crippen LogP contribution < -0.4 is 0 Å². The van der Waals surface area contributed by atoms with E-state index in [-0.39, 0.29) is 23.0 Å². The van der Waals surface area contributed by atoms with Gasteiger partial charge in [-0.05, 0) is 157 Å². The lowest BCUT2D eigenvalue weighted by Gasteiger charge is -2.19. The molecule has 0 radical (unpaired) electrons. The monoisotopic (exact) mass is 1080 g/mol. The largest absolute Gasteiger partial charge is 0.507 e. The van der Waals surface area contributed by atoms with Crippen molar-refractivity contribution >= 4 is 86.2 Å². The number of hydrogen-bond acceptors (Lipinski definition) is 4. The van der Waals surface area contributed by atoms with Gasteiger partial charge in [-0.25, -0.2) is 0 Å². The van der Waals surface area contributed by atoms with Gasteiger partial charge >= 0.3 is 0 Å². The summed E-state index contributed by atoms with van der Waals surface area (Å²) >= 11 is 0. The van der Waals surface area contributed by atoms with Crippen molar-refractivity contribution in [1.29, 1.82) is 0 Å². The summed E-state index contributed by atoms with van der Waals surface area (Å²) in [4.78, 5) is 0. The average Bonchev–Trinajstić information content (AvgIpc) is 1.50. The molecule has 0 heterocycles. The Balaban J connectivity index is 0.000000143. The summed E-state index contributed by atoms with van der Waals surface area (Å²) < 4.78 is 0. The van der Waals surface area contributed by atoms with Crippen LogP contribution in [0.3, 0.4) is 0 Å². The zero-order valence-electron chi connectivity index (χ0n) is 45.5. The Morgan fingerprint density at radius 2 is 0.333 bits per heavy atom. The molecule has 0 aromatic heterocycles. The lowest BCUT2D eigenvalue weighted by molar-refractivity contribution is 0.472. The summed E-state index contributed by atoms with van der Waals surface area (Å²) in [6.45, 7) is 0. The van der Waals surface area contributed by atoms with Crippen molar-refractivity contribution in [2.24, 2.45) is 0 Å². The van der Waals surface area contributed by atoms with E-state index >= 15 is 0 Å². The Kier molecular flexibility index (Phi) is 12.1. The normalized spacial score (nSPS) is 11.5. The van der Waals surface area contributed by atoms with E-state index in [0.717, 1.165) is 131 Å². The van der Waals surface area contributed by atoms with Gasteiger partial charge < -0.3 is 20.4 Å². The highest BCUT2D eigenvalue weighted by Crippen LogP contribution is 2.54. The second kappa shape index (κ2) is 20.4. The molecule has 16 aromatic carbocycles. The van der Waals surface area contributed by atoms with E-state index in [0.29, 0.717) is 22.3 Å². The third kappa shape index (κ3) is 8.55. The predicted octanol–water partition coefficient (Wildman–Crippen LogP) is 21.4. The number of hydrogen-bond donors (Lipinski definition) is 4. The van der Waals surface area contributed by atoms with Crippen molar-refractivity contribution in [3.63, 3.8) is 0 Å². The van der Waals surface area contributed by atoms with Crippen molar-refractivity contribution in [3.05, 3.63) is 291 Å². The Morgan fingerprint density at radius 3 is 0.548 bits per heavy atom. The minimum Gasteiger partial charge on any atom is -0.507 e. The van der Waals surface area contributed by atoms with E-state index in [2.05, 4.69) is 146 Å². The van der Waals surface area contributed by atoms with Gasteiger partial charge in [0.2, 0.25) is 0 Å². The van der Waals surface area contributed by atoms with Gasteiger partial charge in [0, 0.05) is 44.5 Å². The van der Waals surface area contributed by atoms with Gasteiger partial charge in [-0.1, -0.05) is 243 Å². The minimum atomic E-state index is 0.153. The van der Waals surface area contributed by atoms with E-state index < -0.39 is 0 Å². The second-order valence-electron chi connectivity index (χ2n) is 21.7. The van der Waals surface area contributed by atoms with Crippen molar-refractivity contribution < 1.29 is 20.4 Å². The van der Waals surface area contributed by atoms with Crippen LogP contribution in [0.5, 0.6) is 23.0 Å². The number of phenolic OH excluding ortho intramolecular Hbond substituents is 4. The van der Waals surface area contributed by atoms with Crippen LogP contribution in [0.25, 0.3) is 153 Å². The van der Waals surface area contributed by atoms with Gasteiger partial charge in [0.25, 0.3) is 0 Å². The minimum absolute atomic E-state index is 0.153. The number of phenols is 4. The van der Waals surface area contributed by atoms with Crippen LogP contribution in [0.2, 0.25) is 0 Å². The third-order valence-corrected chi connectivity index (χ3v) is 16.8. The smallest absolute Gasteiger partial charge is 0.132 e. The summed E-state index contributed by atoms with van der Waals surface area (Å²) in [5.41, 5.74) is 9.15. The van der Waals surface area contributed by atoms with Crippen LogP contribution in [0.4, 0.5) is 0 Å². The summed E-state index contributed by atoms with van der Waals surface area (Å²) in [5.74, 6) is 0.611. The number of fused-ring (bicyclic) bond motifs is 8. The van der Waals surface area contributed by atoms with Gasteiger partial charge in [-0.15, -0.1) is 0 Å². The Morgan fingerprint density at radius 1 is 0.155 bits per heavy atom. The zero-order chi connectivity index (χ0) is 56.4. The summed E-state index contributed by atoms with van der Waals surface area (Å²) in [7, 11) is 0. The van der Waals surface area contributed by atoms with Crippen LogP contribution in [-0.4, -0.2) is 20.4 Å². The predicted molar refractivity (Wildman–Crippen MR) is 352 cm³/mol. The molecule has 0 aliphatic rings. The first-order valence-electron chi connectivity index (χ1n) is 28.3. The number of benzene rings is 16. The Hall–Kier alpha value is -11.2. The maximum atomic E-state index is 12.1. The lowest BCUT2D eigenvalue weighted by atomic mass is 9.86. The van der Waals surface area contributed by atoms with Crippen molar-refractivity contribution in [3.8, 4) is 89.8 Å². The molecule has 0 spiro atoms. The molecule has 0 atom stereocenters. The summed E-state index contributed by atoms with van der Waals surface area (Å²) in [6.07, 6.45) is 0. The van der Waals surface area contributed by atoms with Gasteiger partial charge in [-0.3, -0.25) is 0 Å².